The highest BCUT2D eigenvalue weighted by Gasteiger charge is 2.39. The summed E-state index contributed by atoms with van der Waals surface area (Å²) in [6.45, 7) is 3.36. The fourth-order valence-electron chi connectivity index (χ4n) is 5.38. The molecule has 0 aromatic heterocycles. The van der Waals surface area contributed by atoms with E-state index in [1.165, 1.54) is 75.6 Å². The maximum absolute atomic E-state index is 3.92. The molecule has 152 valence electrons. The smallest absolute Gasteiger partial charge is 0.0631 e. The number of nitrogens with zero attached hydrogens (tertiary/aromatic N) is 1. The van der Waals surface area contributed by atoms with E-state index in [0.717, 1.165) is 13.0 Å². The van der Waals surface area contributed by atoms with Gasteiger partial charge in [-0.25, -0.2) is 0 Å². The molecular formula is C28H35N. The van der Waals surface area contributed by atoms with E-state index in [0.29, 0.717) is 5.92 Å². The molecule has 1 saturated carbocycles. The van der Waals surface area contributed by atoms with Crippen LogP contribution in [0.1, 0.15) is 62.5 Å². The molecule has 0 N–H and O–H groups in total. The third kappa shape index (κ3) is 5.12. The average molecular weight is 386 g/mol. The quantitative estimate of drug-likeness (QED) is 0.551. The minimum atomic E-state index is -0.0706. The van der Waals surface area contributed by atoms with Gasteiger partial charge in [0.05, 0.1) is 12.0 Å². The molecule has 1 nitrogen and oxygen atoms in total. The van der Waals surface area contributed by atoms with Crippen LogP contribution in [0.3, 0.4) is 0 Å². The van der Waals surface area contributed by atoms with Crippen molar-refractivity contribution >= 4 is 0 Å². The second kappa shape index (κ2) is 10.1. The van der Waals surface area contributed by atoms with Crippen LogP contribution in [0.15, 0.2) is 60.7 Å². The van der Waals surface area contributed by atoms with Crippen LogP contribution in [0.25, 0.3) is 0 Å². The van der Waals surface area contributed by atoms with Crippen molar-refractivity contribution in [2.45, 2.75) is 63.2 Å². The van der Waals surface area contributed by atoms with Gasteiger partial charge in [0.15, 0.2) is 0 Å². The number of likely N-dealkylation sites (tertiary alicyclic amines) is 1. The molecule has 2 fully saturated rings. The molecule has 1 saturated heterocycles. The molecule has 1 heterocycles. The number of piperidine rings is 1. The van der Waals surface area contributed by atoms with Gasteiger partial charge in [-0.2, -0.15) is 0 Å². The first-order chi connectivity index (χ1) is 14.4. The Bertz CT molecular complexity index is 788. The largest absolute Gasteiger partial charge is 0.292 e. The predicted octanol–water partition coefficient (Wildman–Crippen LogP) is 6.24. The lowest BCUT2D eigenvalue weighted by Gasteiger charge is -2.40. The minimum absolute atomic E-state index is 0.0706. The Kier molecular flexibility index (Phi) is 7.07. The van der Waals surface area contributed by atoms with Crippen LogP contribution in [-0.2, 0) is 11.8 Å². The van der Waals surface area contributed by atoms with Crippen molar-refractivity contribution in [3.63, 3.8) is 0 Å². The van der Waals surface area contributed by atoms with Gasteiger partial charge < -0.3 is 0 Å². The van der Waals surface area contributed by atoms with Crippen LogP contribution < -0.4 is 0 Å². The van der Waals surface area contributed by atoms with Gasteiger partial charge in [-0.15, -0.1) is 0 Å². The summed E-state index contributed by atoms with van der Waals surface area (Å²) in [5, 5.41) is 0. The Morgan fingerprint density at radius 1 is 0.759 bits per heavy atom. The van der Waals surface area contributed by atoms with Crippen LogP contribution >= 0.6 is 0 Å². The van der Waals surface area contributed by atoms with E-state index in [2.05, 4.69) is 77.4 Å². The van der Waals surface area contributed by atoms with Crippen molar-refractivity contribution in [1.82, 2.24) is 4.90 Å². The molecule has 0 radical (unpaired) electrons. The summed E-state index contributed by atoms with van der Waals surface area (Å²) in [5.41, 5.74) is 2.76. The molecule has 0 amide bonds. The van der Waals surface area contributed by atoms with Gasteiger partial charge in [-0.05, 0) is 62.2 Å². The molecule has 0 bridgehead atoms. The standard InChI is InChI=1S/C28H35N/c1-5-14-25(15-6-1)24-28(26-16-7-2-8-17-26,27-18-9-3-10-19-27)20-13-23-29-21-11-4-12-22-29/h1-2,5-8,14-17,27H,3-4,9-12,18-19,21-24H2. The summed E-state index contributed by atoms with van der Waals surface area (Å²) in [6.07, 6.45) is 11.8. The molecule has 1 aliphatic carbocycles. The monoisotopic (exact) mass is 385 g/mol. The van der Waals surface area contributed by atoms with Gasteiger partial charge in [0.2, 0.25) is 0 Å². The van der Waals surface area contributed by atoms with E-state index >= 15 is 0 Å². The molecule has 1 aliphatic heterocycles. The van der Waals surface area contributed by atoms with Gasteiger partial charge in [0.25, 0.3) is 0 Å². The van der Waals surface area contributed by atoms with E-state index in [4.69, 9.17) is 0 Å². The number of benzene rings is 2. The van der Waals surface area contributed by atoms with Gasteiger partial charge in [0, 0.05) is 0 Å². The Hall–Kier alpha value is -2.04. The number of hydrogen-bond donors (Lipinski definition) is 0. The second-order valence-electron chi connectivity index (χ2n) is 8.97. The van der Waals surface area contributed by atoms with Crippen LogP contribution in [0.4, 0.5) is 0 Å². The zero-order valence-corrected chi connectivity index (χ0v) is 17.8. The molecule has 1 heteroatoms. The Morgan fingerprint density at radius 2 is 1.38 bits per heavy atom. The van der Waals surface area contributed by atoms with Gasteiger partial charge in [0.1, 0.15) is 0 Å². The maximum atomic E-state index is 3.92. The highest BCUT2D eigenvalue weighted by Crippen LogP contribution is 2.43. The minimum Gasteiger partial charge on any atom is -0.292 e. The van der Waals surface area contributed by atoms with Crippen molar-refractivity contribution in [1.29, 1.82) is 0 Å². The molecule has 4 rings (SSSR count). The summed E-state index contributed by atoms with van der Waals surface area (Å²) >= 11 is 0. The lowest BCUT2D eigenvalue weighted by molar-refractivity contribution is 0.247. The Labute approximate surface area is 177 Å². The lowest BCUT2D eigenvalue weighted by atomic mass is 9.62. The summed E-state index contributed by atoms with van der Waals surface area (Å²) in [4.78, 5) is 2.55. The van der Waals surface area contributed by atoms with E-state index in [1.54, 1.807) is 0 Å². The van der Waals surface area contributed by atoms with Crippen LogP contribution in [-0.4, -0.2) is 24.5 Å². The summed E-state index contributed by atoms with van der Waals surface area (Å²) in [7, 11) is 0. The van der Waals surface area contributed by atoms with Crippen LogP contribution in [0, 0.1) is 17.8 Å². The highest BCUT2D eigenvalue weighted by atomic mass is 15.1. The van der Waals surface area contributed by atoms with Gasteiger partial charge in [-0.1, -0.05) is 98.2 Å². The molecule has 1 unspecified atom stereocenters. The average Bonchev–Trinajstić information content (AvgIpc) is 2.81. The molecule has 2 aliphatic rings. The van der Waals surface area contributed by atoms with E-state index in [9.17, 15) is 0 Å². The molecular weight excluding hydrogens is 350 g/mol. The molecule has 2 aromatic rings. The summed E-state index contributed by atoms with van der Waals surface area (Å²) in [5.74, 6) is 8.26. The SMILES string of the molecule is C(#CC(Cc1ccccc1)(c1ccccc1)C1CCCCC1)CN1CCCCC1. The zero-order chi connectivity index (χ0) is 19.8. The highest BCUT2D eigenvalue weighted by molar-refractivity contribution is 5.40. The first kappa shape index (κ1) is 20.2. The van der Waals surface area contributed by atoms with Crippen LogP contribution in [0.5, 0.6) is 0 Å². The normalized spacial score (nSPS) is 20.4. The third-order valence-electron chi connectivity index (χ3n) is 6.98. The van der Waals surface area contributed by atoms with Gasteiger partial charge in [-0.3, -0.25) is 4.90 Å². The van der Waals surface area contributed by atoms with E-state index in [1.807, 2.05) is 0 Å². The van der Waals surface area contributed by atoms with Crippen molar-refractivity contribution in [2.75, 3.05) is 19.6 Å². The maximum Gasteiger partial charge on any atom is 0.0631 e. The van der Waals surface area contributed by atoms with Gasteiger partial charge >= 0.3 is 0 Å². The molecule has 1 atom stereocenters. The predicted molar refractivity (Wildman–Crippen MR) is 123 cm³/mol. The second-order valence-corrected chi connectivity index (χ2v) is 8.97. The Morgan fingerprint density at radius 3 is 2.07 bits per heavy atom. The van der Waals surface area contributed by atoms with Crippen LogP contribution in [0.2, 0.25) is 0 Å². The molecule has 2 aromatic carbocycles. The summed E-state index contributed by atoms with van der Waals surface area (Å²) < 4.78 is 0. The Balaban J connectivity index is 1.70. The fraction of sp³-hybridized carbons (Fsp3) is 0.500. The third-order valence-corrected chi connectivity index (χ3v) is 6.98. The van der Waals surface area contributed by atoms with Crippen molar-refractivity contribution in [3.8, 4) is 11.8 Å². The first-order valence-corrected chi connectivity index (χ1v) is 11.7. The molecule has 0 spiro atoms. The fourth-order valence-corrected chi connectivity index (χ4v) is 5.38. The van der Waals surface area contributed by atoms with E-state index in [-0.39, 0.29) is 5.41 Å². The van der Waals surface area contributed by atoms with E-state index < -0.39 is 0 Å². The number of hydrogen-bond acceptors (Lipinski definition) is 1. The summed E-state index contributed by atoms with van der Waals surface area (Å²) in [6, 6.07) is 22.2. The zero-order valence-electron chi connectivity index (χ0n) is 17.8. The van der Waals surface area contributed by atoms with Crippen molar-refractivity contribution in [2.24, 2.45) is 5.92 Å². The number of rotatable bonds is 5. The van der Waals surface area contributed by atoms with Crippen molar-refractivity contribution in [3.05, 3.63) is 71.8 Å². The topological polar surface area (TPSA) is 3.24 Å². The lowest BCUT2D eigenvalue weighted by Crippen LogP contribution is -2.38. The first-order valence-electron chi connectivity index (χ1n) is 11.7. The molecule has 29 heavy (non-hydrogen) atoms. The van der Waals surface area contributed by atoms with Crippen molar-refractivity contribution < 1.29 is 0 Å².